The van der Waals surface area contributed by atoms with Gasteiger partial charge in [0.1, 0.15) is 6.04 Å². The summed E-state index contributed by atoms with van der Waals surface area (Å²) in [5.41, 5.74) is 5.40. The summed E-state index contributed by atoms with van der Waals surface area (Å²) < 4.78 is 30.6. The van der Waals surface area contributed by atoms with Crippen LogP contribution >= 0.6 is 0 Å². The van der Waals surface area contributed by atoms with E-state index < -0.39 is 51.7 Å². The van der Waals surface area contributed by atoms with Crippen molar-refractivity contribution in [2.24, 2.45) is 11.7 Å². The molecule has 3 atom stereocenters. The van der Waals surface area contributed by atoms with Crippen LogP contribution in [0.1, 0.15) is 27.2 Å². The summed E-state index contributed by atoms with van der Waals surface area (Å²) in [6.07, 6.45) is -0.508. The van der Waals surface area contributed by atoms with E-state index in [2.05, 4.69) is 10.6 Å². The number of aliphatic carboxylic acids is 1. The molecule has 6 N–H and O–H groups in total. The predicted octanol–water partition coefficient (Wildman–Crippen LogP) is -1.68. The van der Waals surface area contributed by atoms with Crippen molar-refractivity contribution in [1.82, 2.24) is 10.6 Å². The van der Waals surface area contributed by atoms with Crippen molar-refractivity contribution >= 4 is 27.9 Å². The maximum atomic E-state index is 12.0. The quantitative estimate of drug-likeness (QED) is 0.305. The summed E-state index contributed by atoms with van der Waals surface area (Å²) in [5.74, 6) is -3.12. The van der Waals surface area contributed by atoms with Gasteiger partial charge in [-0.1, -0.05) is 13.8 Å². The molecule has 11 heteroatoms. The first kappa shape index (κ1) is 21.3. The van der Waals surface area contributed by atoms with Gasteiger partial charge in [0.05, 0.1) is 6.04 Å². The maximum absolute atomic E-state index is 12.0. The number of rotatable bonds is 9. The summed E-state index contributed by atoms with van der Waals surface area (Å²) in [6, 6.07) is -1.71. The minimum atomic E-state index is -4.77. The van der Waals surface area contributed by atoms with Crippen molar-refractivity contribution in [3.63, 3.8) is 0 Å². The Morgan fingerprint density at radius 1 is 1.13 bits per heavy atom. The zero-order valence-electron chi connectivity index (χ0n) is 13.1. The van der Waals surface area contributed by atoms with Gasteiger partial charge in [-0.05, 0) is 19.3 Å². The number of nitrogens with one attached hydrogen (secondary N) is 2. The minimum Gasteiger partial charge on any atom is -0.480 e. The fourth-order valence-corrected chi connectivity index (χ4v) is 2.33. The van der Waals surface area contributed by atoms with Crippen molar-refractivity contribution in [2.75, 3.05) is 6.54 Å². The van der Waals surface area contributed by atoms with Crippen LogP contribution in [0.3, 0.4) is 0 Å². The molecule has 134 valence electrons. The van der Waals surface area contributed by atoms with E-state index in [-0.39, 0.29) is 12.5 Å². The van der Waals surface area contributed by atoms with Crippen LogP contribution in [0.15, 0.2) is 0 Å². The molecule has 0 saturated carbocycles. The lowest BCUT2D eigenvalue weighted by Crippen LogP contribution is -2.53. The second-order valence-corrected chi connectivity index (χ2v) is 7.04. The Labute approximate surface area is 134 Å². The molecular formula is C12H23N3O7S. The Kier molecular flexibility index (Phi) is 8.14. The fraction of sp³-hybridized carbons (Fsp3) is 0.750. The summed E-state index contributed by atoms with van der Waals surface area (Å²) >= 11 is 0. The fourth-order valence-electron chi connectivity index (χ4n) is 1.66. The van der Waals surface area contributed by atoms with Crippen LogP contribution in [-0.2, 0) is 24.5 Å². The van der Waals surface area contributed by atoms with Crippen molar-refractivity contribution < 1.29 is 32.5 Å². The molecule has 0 fully saturated rings. The SMILES string of the molecule is CC(C)C(NC(=O)[C@@H](C)N)C(=O)NCCC(C(=O)O)S(=O)(=O)O. The Morgan fingerprint density at radius 2 is 1.65 bits per heavy atom. The van der Waals surface area contributed by atoms with Gasteiger partial charge in [0.25, 0.3) is 10.1 Å². The zero-order chi connectivity index (χ0) is 18.4. The first-order chi connectivity index (χ1) is 10.4. The average Bonchev–Trinajstić information content (AvgIpc) is 2.37. The van der Waals surface area contributed by atoms with Gasteiger partial charge in [-0.2, -0.15) is 8.42 Å². The van der Waals surface area contributed by atoms with Crippen LogP contribution in [-0.4, -0.2) is 59.7 Å². The molecule has 0 aliphatic carbocycles. The summed E-state index contributed by atoms with van der Waals surface area (Å²) in [4.78, 5) is 34.3. The number of hydrogen-bond acceptors (Lipinski definition) is 6. The lowest BCUT2D eigenvalue weighted by molar-refractivity contribution is -0.137. The molecule has 2 amide bonds. The largest absolute Gasteiger partial charge is 0.480 e. The molecular weight excluding hydrogens is 330 g/mol. The van der Waals surface area contributed by atoms with Crippen LogP contribution in [0.25, 0.3) is 0 Å². The van der Waals surface area contributed by atoms with Gasteiger partial charge in [-0.25, -0.2) is 0 Å². The van der Waals surface area contributed by atoms with E-state index in [0.717, 1.165) is 0 Å². The number of hydrogen-bond donors (Lipinski definition) is 5. The number of carbonyl (C=O) groups is 3. The first-order valence-corrected chi connectivity index (χ1v) is 8.41. The van der Waals surface area contributed by atoms with Gasteiger partial charge in [0, 0.05) is 6.54 Å². The molecule has 0 aliphatic heterocycles. The Balaban J connectivity index is 4.71. The highest BCUT2D eigenvalue weighted by molar-refractivity contribution is 7.87. The molecule has 23 heavy (non-hydrogen) atoms. The minimum absolute atomic E-state index is 0.269. The summed E-state index contributed by atoms with van der Waals surface area (Å²) in [6.45, 7) is 4.52. The third-order valence-electron chi connectivity index (χ3n) is 3.00. The van der Waals surface area contributed by atoms with Crippen LogP contribution in [0.2, 0.25) is 0 Å². The van der Waals surface area contributed by atoms with E-state index in [1.807, 2.05) is 0 Å². The maximum Gasteiger partial charge on any atom is 0.324 e. The second kappa shape index (κ2) is 8.79. The highest BCUT2D eigenvalue weighted by atomic mass is 32.2. The Bertz CT molecular complexity index is 545. The summed E-state index contributed by atoms with van der Waals surface area (Å²) in [5, 5.41) is 11.5. The van der Waals surface area contributed by atoms with Crippen LogP contribution in [0.4, 0.5) is 0 Å². The van der Waals surface area contributed by atoms with Crippen LogP contribution in [0, 0.1) is 5.92 Å². The normalized spacial score (nSPS) is 15.6. The smallest absolute Gasteiger partial charge is 0.324 e. The van der Waals surface area contributed by atoms with E-state index in [4.69, 9.17) is 15.4 Å². The van der Waals surface area contributed by atoms with Crippen LogP contribution in [0.5, 0.6) is 0 Å². The second-order valence-electron chi connectivity index (χ2n) is 5.44. The van der Waals surface area contributed by atoms with Crippen molar-refractivity contribution in [3.05, 3.63) is 0 Å². The van der Waals surface area contributed by atoms with E-state index in [1.54, 1.807) is 13.8 Å². The van der Waals surface area contributed by atoms with E-state index in [9.17, 15) is 22.8 Å². The molecule has 0 aromatic rings. The number of carboxylic acid groups (broad SMARTS) is 1. The van der Waals surface area contributed by atoms with Crippen molar-refractivity contribution in [1.29, 1.82) is 0 Å². The number of carboxylic acids is 1. The summed E-state index contributed by atoms with van der Waals surface area (Å²) in [7, 11) is -4.77. The van der Waals surface area contributed by atoms with Gasteiger partial charge in [-0.15, -0.1) is 0 Å². The third-order valence-corrected chi connectivity index (χ3v) is 4.16. The zero-order valence-corrected chi connectivity index (χ0v) is 14.0. The van der Waals surface area contributed by atoms with Crippen molar-refractivity contribution in [2.45, 2.75) is 44.5 Å². The molecule has 0 radical (unpaired) electrons. The highest BCUT2D eigenvalue weighted by Gasteiger charge is 2.31. The molecule has 0 aromatic heterocycles. The van der Waals surface area contributed by atoms with Crippen LogP contribution < -0.4 is 16.4 Å². The van der Waals surface area contributed by atoms with Gasteiger partial charge >= 0.3 is 5.97 Å². The standard InChI is InChI=1S/C12H23N3O7S/c1-6(2)9(15-10(16)7(3)13)11(17)14-5-4-8(12(18)19)23(20,21)22/h6-9H,4-5,13H2,1-3H3,(H,14,17)(H,15,16)(H,18,19)(H,20,21,22)/t7-,8?,9?/m1/s1. The molecule has 0 spiro atoms. The van der Waals surface area contributed by atoms with E-state index in [1.165, 1.54) is 6.92 Å². The Morgan fingerprint density at radius 3 is 2.00 bits per heavy atom. The van der Waals surface area contributed by atoms with Gasteiger partial charge in [0.15, 0.2) is 5.25 Å². The van der Waals surface area contributed by atoms with E-state index in [0.29, 0.717) is 0 Å². The van der Waals surface area contributed by atoms with E-state index >= 15 is 0 Å². The molecule has 0 heterocycles. The van der Waals surface area contributed by atoms with Gasteiger partial charge in [0.2, 0.25) is 11.8 Å². The molecule has 0 bridgehead atoms. The average molecular weight is 353 g/mol. The highest BCUT2D eigenvalue weighted by Crippen LogP contribution is 2.05. The number of amides is 2. The van der Waals surface area contributed by atoms with Gasteiger partial charge < -0.3 is 21.5 Å². The number of carbonyl (C=O) groups excluding carboxylic acids is 2. The van der Waals surface area contributed by atoms with Crippen molar-refractivity contribution in [3.8, 4) is 0 Å². The molecule has 0 rings (SSSR count). The van der Waals surface area contributed by atoms with Gasteiger partial charge in [-0.3, -0.25) is 18.9 Å². The topological polar surface area (TPSA) is 176 Å². The monoisotopic (exact) mass is 353 g/mol. The Hall–Kier alpha value is -1.72. The predicted molar refractivity (Wildman–Crippen MR) is 81.0 cm³/mol. The third kappa shape index (κ3) is 7.39. The molecule has 0 saturated heterocycles. The molecule has 0 aliphatic rings. The lowest BCUT2D eigenvalue weighted by atomic mass is 10.0. The number of nitrogens with two attached hydrogens (primary N) is 1. The lowest BCUT2D eigenvalue weighted by Gasteiger charge is -2.22. The molecule has 0 aromatic carbocycles. The molecule has 2 unspecified atom stereocenters. The first-order valence-electron chi connectivity index (χ1n) is 6.90. The molecule has 10 nitrogen and oxygen atoms in total.